The van der Waals surface area contributed by atoms with E-state index in [4.69, 9.17) is 0 Å². The minimum atomic E-state index is -4.93. The molecule has 2 aliphatic heterocycles. The first kappa shape index (κ1) is 23.9. The summed E-state index contributed by atoms with van der Waals surface area (Å²) in [4.78, 5) is 28.3. The maximum Gasteiger partial charge on any atom is 0.419 e. The summed E-state index contributed by atoms with van der Waals surface area (Å²) < 4.78 is 79.9. The highest BCUT2D eigenvalue weighted by Crippen LogP contribution is 2.34. The minimum absolute atomic E-state index is 0.0841. The van der Waals surface area contributed by atoms with E-state index in [1.807, 2.05) is 0 Å². The molecule has 0 saturated heterocycles. The van der Waals surface area contributed by atoms with Crippen LogP contribution in [0, 0.1) is 5.82 Å². The maximum absolute atomic E-state index is 13.6. The SMILES string of the molecule is C[C@@H]1Cc2nn3c(c2CN1C(=O)Nc1ccc(F)c(C(F)(F)F)c1)C(=O)N(CC(F)F)CCC3. The van der Waals surface area contributed by atoms with Gasteiger partial charge < -0.3 is 15.1 Å². The van der Waals surface area contributed by atoms with Crippen LogP contribution in [-0.4, -0.2) is 57.1 Å². The third-order valence-corrected chi connectivity index (χ3v) is 5.91. The van der Waals surface area contributed by atoms with E-state index in [1.165, 1.54) is 9.58 Å². The highest BCUT2D eigenvalue weighted by atomic mass is 19.4. The molecule has 34 heavy (non-hydrogen) atoms. The number of fused-ring (bicyclic) bond motifs is 3. The third kappa shape index (κ3) is 4.55. The number of nitrogens with zero attached hydrogens (tertiary/aromatic N) is 4. The number of nitrogens with one attached hydrogen (secondary N) is 1. The molecule has 1 N–H and O–H groups in total. The lowest BCUT2D eigenvalue weighted by atomic mass is 9.99. The molecule has 7 nitrogen and oxygen atoms in total. The van der Waals surface area contributed by atoms with Gasteiger partial charge in [0.2, 0.25) is 0 Å². The summed E-state index contributed by atoms with van der Waals surface area (Å²) in [7, 11) is 0. The van der Waals surface area contributed by atoms with Crippen molar-refractivity contribution in [3.05, 3.63) is 46.5 Å². The fourth-order valence-corrected chi connectivity index (χ4v) is 4.29. The van der Waals surface area contributed by atoms with Crippen LogP contribution in [-0.2, 0) is 25.7 Å². The zero-order chi connectivity index (χ0) is 24.8. The van der Waals surface area contributed by atoms with E-state index in [9.17, 15) is 35.9 Å². The lowest BCUT2D eigenvalue weighted by molar-refractivity contribution is -0.139. The van der Waals surface area contributed by atoms with Crippen molar-refractivity contribution in [2.24, 2.45) is 0 Å². The number of halogens is 6. The second-order valence-corrected chi connectivity index (χ2v) is 8.30. The normalized spacial score (nSPS) is 18.6. The Morgan fingerprint density at radius 3 is 2.68 bits per heavy atom. The lowest BCUT2D eigenvalue weighted by Gasteiger charge is -2.33. The van der Waals surface area contributed by atoms with Crippen LogP contribution >= 0.6 is 0 Å². The zero-order valence-electron chi connectivity index (χ0n) is 18.0. The van der Waals surface area contributed by atoms with Crippen molar-refractivity contribution in [1.29, 1.82) is 0 Å². The van der Waals surface area contributed by atoms with Gasteiger partial charge in [0.05, 0.1) is 24.3 Å². The third-order valence-electron chi connectivity index (χ3n) is 5.91. The van der Waals surface area contributed by atoms with E-state index < -0.39 is 48.5 Å². The van der Waals surface area contributed by atoms with Crippen molar-refractivity contribution in [2.45, 2.75) is 51.5 Å². The number of benzene rings is 1. The van der Waals surface area contributed by atoms with Crippen LogP contribution in [0.3, 0.4) is 0 Å². The molecule has 0 unspecified atom stereocenters. The van der Waals surface area contributed by atoms with E-state index in [-0.39, 0.29) is 30.9 Å². The zero-order valence-corrected chi connectivity index (χ0v) is 18.0. The number of rotatable bonds is 3. The van der Waals surface area contributed by atoms with Gasteiger partial charge in [-0.3, -0.25) is 9.48 Å². The van der Waals surface area contributed by atoms with Crippen molar-refractivity contribution in [3.8, 4) is 0 Å². The van der Waals surface area contributed by atoms with E-state index in [2.05, 4.69) is 10.4 Å². The van der Waals surface area contributed by atoms with Gasteiger partial charge in [-0.05, 0) is 31.5 Å². The monoisotopic (exact) mass is 489 g/mol. The Hall–Kier alpha value is -3.25. The molecule has 4 rings (SSSR count). The van der Waals surface area contributed by atoms with Crippen molar-refractivity contribution in [2.75, 3.05) is 18.4 Å². The summed E-state index contributed by atoms with van der Waals surface area (Å²) in [5.74, 6) is -2.06. The predicted octanol–water partition coefficient (Wildman–Crippen LogP) is 4.13. The van der Waals surface area contributed by atoms with Gasteiger partial charge in [0.15, 0.2) is 0 Å². The number of anilines is 1. The number of hydrogen-bond acceptors (Lipinski definition) is 3. The molecule has 0 fully saturated rings. The molecule has 0 saturated carbocycles. The van der Waals surface area contributed by atoms with Gasteiger partial charge in [0.25, 0.3) is 12.3 Å². The van der Waals surface area contributed by atoms with Crippen molar-refractivity contribution >= 4 is 17.6 Å². The Bertz CT molecular complexity index is 1120. The van der Waals surface area contributed by atoms with Gasteiger partial charge in [-0.25, -0.2) is 18.0 Å². The average molecular weight is 489 g/mol. The van der Waals surface area contributed by atoms with Crippen LogP contribution < -0.4 is 5.32 Å². The molecule has 1 atom stereocenters. The number of alkyl halides is 5. The number of amides is 3. The van der Waals surface area contributed by atoms with Crippen LogP contribution in [0.4, 0.5) is 36.8 Å². The van der Waals surface area contributed by atoms with Crippen LogP contribution in [0.2, 0.25) is 0 Å². The number of aromatic nitrogens is 2. The maximum atomic E-state index is 13.6. The van der Waals surface area contributed by atoms with Gasteiger partial charge >= 0.3 is 12.2 Å². The van der Waals surface area contributed by atoms with E-state index in [0.29, 0.717) is 36.4 Å². The first-order valence-corrected chi connectivity index (χ1v) is 10.6. The molecule has 3 heterocycles. The Kier molecular flexibility index (Phi) is 6.21. The van der Waals surface area contributed by atoms with Crippen LogP contribution in [0.15, 0.2) is 18.2 Å². The Morgan fingerprint density at radius 1 is 1.26 bits per heavy atom. The number of hydrogen-bond donors (Lipinski definition) is 1. The van der Waals surface area contributed by atoms with Gasteiger partial charge in [-0.2, -0.15) is 18.3 Å². The molecule has 2 aliphatic rings. The molecular weight excluding hydrogens is 468 g/mol. The molecule has 0 aliphatic carbocycles. The number of urea groups is 1. The smallest absolute Gasteiger partial charge is 0.332 e. The fraction of sp³-hybridized carbons (Fsp3) is 0.476. The molecule has 0 radical (unpaired) electrons. The quantitative estimate of drug-likeness (QED) is 0.660. The molecular formula is C21H21F6N5O2. The number of carbonyl (C=O) groups excluding carboxylic acids is 2. The first-order chi connectivity index (χ1) is 16.0. The summed E-state index contributed by atoms with van der Waals surface area (Å²) in [6.45, 7) is 1.41. The topological polar surface area (TPSA) is 70.5 Å². The molecule has 0 spiro atoms. The molecule has 3 amide bonds. The highest BCUT2D eigenvalue weighted by molar-refractivity contribution is 5.95. The molecule has 13 heteroatoms. The summed E-state index contributed by atoms with van der Waals surface area (Å²) in [5.41, 5.74) is -0.621. The Balaban J connectivity index is 1.59. The van der Waals surface area contributed by atoms with Crippen LogP contribution in [0.25, 0.3) is 0 Å². The molecule has 1 aromatic carbocycles. The van der Waals surface area contributed by atoms with Gasteiger partial charge in [-0.15, -0.1) is 0 Å². The molecule has 184 valence electrons. The van der Waals surface area contributed by atoms with Gasteiger partial charge in [-0.1, -0.05) is 0 Å². The largest absolute Gasteiger partial charge is 0.419 e. The van der Waals surface area contributed by atoms with Crippen molar-refractivity contribution in [3.63, 3.8) is 0 Å². The average Bonchev–Trinajstić information content (AvgIpc) is 3.01. The predicted molar refractivity (Wildman–Crippen MR) is 108 cm³/mol. The summed E-state index contributed by atoms with van der Waals surface area (Å²) in [6, 6.07) is 0.972. The first-order valence-electron chi connectivity index (χ1n) is 10.6. The van der Waals surface area contributed by atoms with Crippen molar-refractivity contribution < 1.29 is 35.9 Å². The lowest BCUT2D eigenvalue weighted by Crippen LogP contribution is -2.45. The van der Waals surface area contributed by atoms with E-state index in [1.54, 1.807) is 6.92 Å². The highest BCUT2D eigenvalue weighted by Gasteiger charge is 2.37. The second-order valence-electron chi connectivity index (χ2n) is 8.30. The summed E-state index contributed by atoms with van der Waals surface area (Å²) >= 11 is 0. The van der Waals surface area contributed by atoms with Crippen LogP contribution in [0.5, 0.6) is 0 Å². The number of carbonyl (C=O) groups is 2. The van der Waals surface area contributed by atoms with Crippen molar-refractivity contribution in [1.82, 2.24) is 19.6 Å². The Morgan fingerprint density at radius 2 is 2.00 bits per heavy atom. The van der Waals surface area contributed by atoms with Gasteiger partial charge in [0, 0.05) is 36.8 Å². The summed E-state index contributed by atoms with van der Waals surface area (Å²) in [6.07, 6.45) is -6.92. The second kappa shape index (κ2) is 8.84. The van der Waals surface area contributed by atoms with Crippen LogP contribution in [0.1, 0.15) is 40.7 Å². The van der Waals surface area contributed by atoms with E-state index in [0.717, 1.165) is 11.0 Å². The standard InChI is InChI=1S/C21H21F6N5O2/c1-11-7-16-13(18-19(33)30(10-17(23)24)5-2-6-32(18)29-16)9-31(11)20(34)28-12-3-4-15(22)14(8-12)21(25,26)27/h3-4,8,11,17H,2,5-7,9-10H2,1H3,(H,28,34)/t11-/m1/s1. The fourth-order valence-electron chi connectivity index (χ4n) is 4.29. The summed E-state index contributed by atoms with van der Waals surface area (Å²) in [5, 5.41) is 6.79. The van der Waals surface area contributed by atoms with E-state index >= 15 is 0 Å². The molecule has 1 aromatic heterocycles. The Labute approximate surface area is 190 Å². The molecule has 2 aromatic rings. The van der Waals surface area contributed by atoms with Gasteiger partial charge in [0.1, 0.15) is 11.5 Å². The minimum Gasteiger partial charge on any atom is -0.332 e. The number of aryl methyl sites for hydroxylation is 1. The molecule has 0 bridgehead atoms.